The number of rotatable bonds is 7. The largest absolute Gasteiger partial charge is 0.377 e. The quantitative estimate of drug-likeness (QED) is 0.704. The number of hydrogen-bond acceptors (Lipinski definition) is 3. The summed E-state index contributed by atoms with van der Waals surface area (Å²) < 4.78 is 5.66. The number of likely N-dealkylation sites (tertiary alicyclic amines) is 2. The Morgan fingerprint density at radius 3 is 2.77 bits per heavy atom. The summed E-state index contributed by atoms with van der Waals surface area (Å²) in [5.74, 6) is 0.416. The predicted molar refractivity (Wildman–Crippen MR) is 100 cm³/mol. The molecule has 142 valence electrons. The highest BCUT2D eigenvalue weighted by atomic mass is 16.5. The molecule has 2 fully saturated rings. The van der Waals surface area contributed by atoms with Crippen LogP contribution in [0.2, 0.25) is 0 Å². The standard InChI is InChI=1S/C21H30N2O3/c1-2-22-13-7-11-21(20(22)25)12-14-23(17-21)19(24)10-6-15-26-16-18-8-4-3-5-9-18/h3-5,8-9H,2,6-7,10-17H2,1H3/t21-/m0/s1. The average Bonchev–Trinajstić information content (AvgIpc) is 3.10. The van der Waals surface area contributed by atoms with Crippen LogP contribution in [0.3, 0.4) is 0 Å². The summed E-state index contributed by atoms with van der Waals surface area (Å²) in [5.41, 5.74) is 0.838. The Hall–Kier alpha value is -1.88. The smallest absolute Gasteiger partial charge is 0.230 e. The Balaban J connectivity index is 1.40. The first-order valence-corrected chi connectivity index (χ1v) is 9.83. The Morgan fingerprint density at radius 2 is 2.00 bits per heavy atom. The second-order valence-electron chi connectivity index (χ2n) is 7.48. The molecule has 5 heteroatoms. The lowest BCUT2D eigenvalue weighted by Gasteiger charge is -2.38. The SMILES string of the molecule is CCN1CCC[C@@]2(CCN(C(=O)CCCOCc3ccccc3)C2)C1=O. The van der Waals surface area contributed by atoms with Crippen LogP contribution >= 0.6 is 0 Å². The van der Waals surface area contributed by atoms with E-state index in [2.05, 4.69) is 0 Å². The van der Waals surface area contributed by atoms with Gasteiger partial charge in [0.15, 0.2) is 0 Å². The summed E-state index contributed by atoms with van der Waals surface area (Å²) in [6.07, 6.45) is 4.01. The molecule has 2 aliphatic rings. The normalized spacial score (nSPS) is 23.0. The minimum atomic E-state index is -0.312. The van der Waals surface area contributed by atoms with Crippen LogP contribution in [0.15, 0.2) is 30.3 Å². The first-order valence-electron chi connectivity index (χ1n) is 9.83. The first kappa shape index (κ1) is 18.9. The topological polar surface area (TPSA) is 49.9 Å². The molecule has 1 aromatic carbocycles. The van der Waals surface area contributed by atoms with Crippen molar-refractivity contribution in [3.05, 3.63) is 35.9 Å². The van der Waals surface area contributed by atoms with Crippen molar-refractivity contribution < 1.29 is 14.3 Å². The minimum absolute atomic E-state index is 0.159. The summed E-state index contributed by atoms with van der Waals surface area (Å²) >= 11 is 0. The molecule has 2 heterocycles. The number of amides is 2. The van der Waals surface area contributed by atoms with Crippen LogP contribution in [-0.4, -0.2) is 54.4 Å². The lowest BCUT2D eigenvalue weighted by Crippen LogP contribution is -2.50. The van der Waals surface area contributed by atoms with Gasteiger partial charge in [-0.15, -0.1) is 0 Å². The number of ether oxygens (including phenoxy) is 1. The lowest BCUT2D eigenvalue weighted by molar-refractivity contribution is -0.145. The van der Waals surface area contributed by atoms with Gasteiger partial charge in [0.2, 0.25) is 11.8 Å². The fraction of sp³-hybridized carbons (Fsp3) is 0.619. The zero-order valence-corrected chi connectivity index (χ0v) is 15.8. The van der Waals surface area contributed by atoms with E-state index in [1.807, 2.05) is 47.1 Å². The fourth-order valence-electron chi connectivity index (χ4n) is 4.17. The van der Waals surface area contributed by atoms with Crippen LogP contribution in [0.5, 0.6) is 0 Å². The molecule has 0 N–H and O–H groups in total. The summed E-state index contributed by atoms with van der Waals surface area (Å²) in [4.78, 5) is 29.1. The molecular formula is C21H30N2O3. The van der Waals surface area contributed by atoms with Crippen molar-refractivity contribution in [1.82, 2.24) is 9.80 Å². The molecule has 1 aromatic rings. The average molecular weight is 358 g/mol. The molecule has 0 aromatic heterocycles. The molecule has 0 bridgehead atoms. The Kier molecular flexibility index (Phi) is 6.30. The van der Waals surface area contributed by atoms with Gasteiger partial charge in [0.1, 0.15) is 0 Å². The van der Waals surface area contributed by atoms with E-state index in [1.54, 1.807) is 0 Å². The molecule has 3 rings (SSSR count). The lowest BCUT2D eigenvalue weighted by atomic mass is 9.78. The van der Waals surface area contributed by atoms with E-state index in [9.17, 15) is 9.59 Å². The number of nitrogens with zero attached hydrogens (tertiary/aromatic N) is 2. The van der Waals surface area contributed by atoms with E-state index >= 15 is 0 Å². The van der Waals surface area contributed by atoms with E-state index in [-0.39, 0.29) is 17.2 Å². The highest BCUT2D eigenvalue weighted by Crippen LogP contribution is 2.40. The number of hydrogen-bond donors (Lipinski definition) is 0. The molecule has 0 aliphatic carbocycles. The molecule has 26 heavy (non-hydrogen) atoms. The van der Waals surface area contributed by atoms with Gasteiger partial charge in [-0.05, 0) is 38.2 Å². The highest BCUT2D eigenvalue weighted by Gasteiger charge is 2.48. The second-order valence-corrected chi connectivity index (χ2v) is 7.48. The van der Waals surface area contributed by atoms with Crippen LogP contribution in [-0.2, 0) is 20.9 Å². The fourth-order valence-corrected chi connectivity index (χ4v) is 4.17. The molecular weight excluding hydrogens is 328 g/mol. The van der Waals surface area contributed by atoms with Crippen molar-refractivity contribution in [2.75, 3.05) is 32.8 Å². The van der Waals surface area contributed by atoms with Gasteiger partial charge in [-0.3, -0.25) is 9.59 Å². The van der Waals surface area contributed by atoms with E-state index < -0.39 is 0 Å². The van der Waals surface area contributed by atoms with Crippen molar-refractivity contribution in [2.24, 2.45) is 5.41 Å². The van der Waals surface area contributed by atoms with Crippen molar-refractivity contribution in [3.63, 3.8) is 0 Å². The van der Waals surface area contributed by atoms with E-state index in [0.717, 1.165) is 44.3 Å². The zero-order chi connectivity index (χ0) is 18.4. The maximum atomic E-state index is 12.8. The van der Waals surface area contributed by atoms with Gasteiger partial charge in [0, 0.05) is 39.2 Å². The Labute approximate surface area is 156 Å². The summed E-state index contributed by atoms with van der Waals surface area (Å²) in [5, 5.41) is 0. The highest BCUT2D eigenvalue weighted by molar-refractivity contribution is 5.86. The van der Waals surface area contributed by atoms with Crippen LogP contribution in [0.25, 0.3) is 0 Å². The van der Waals surface area contributed by atoms with E-state index in [1.165, 1.54) is 0 Å². The Bertz CT molecular complexity index is 619. The third kappa shape index (κ3) is 4.26. The molecule has 5 nitrogen and oxygen atoms in total. The molecule has 2 aliphatic heterocycles. The second kappa shape index (κ2) is 8.67. The van der Waals surface area contributed by atoms with Crippen LogP contribution in [0.4, 0.5) is 0 Å². The van der Waals surface area contributed by atoms with Gasteiger partial charge in [0.05, 0.1) is 12.0 Å². The van der Waals surface area contributed by atoms with Crippen molar-refractivity contribution >= 4 is 11.8 Å². The van der Waals surface area contributed by atoms with Crippen LogP contribution in [0.1, 0.15) is 44.6 Å². The maximum absolute atomic E-state index is 12.8. The van der Waals surface area contributed by atoms with Gasteiger partial charge in [-0.1, -0.05) is 30.3 Å². The third-order valence-electron chi connectivity index (χ3n) is 5.70. The van der Waals surface area contributed by atoms with E-state index in [4.69, 9.17) is 4.74 Å². The maximum Gasteiger partial charge on any atom is 0.230 e. The van der Waals surface area contributed by atoms with Gasteiger partial charge in [-0.2, -0.15) is 0 Å². The Morgan fingerprint density at radius 1 is 1.19 bits per heavy atom. The van der Waals surface area contributed by atoms with Crippen LogP contribution < -0.4 is 0 Å². The first-order chi connectivity index (χ1) is 12.6. The molecule has 1 spiro atoms. The van der Waals surface area contributed by atoms with Gasteiger partial charge in [-0.25, -0.2) is 0 Å². The number of piperidine rings is 1. The monoisotopic (exact) mass is 358 g/mol. The molecule has 2 saturated heterocycles. The summed E-state index contributed by atoms with van der Waals surface area (Å²) in [7, 11) is 0. The number of carbonyl (C=O) groups excluding carboxylic acids is 2. The number of carbonyl (C=O) groups is 2. The van der Waals surface area contributed by atoms with Crippen molar-refractivity contribution in [2.45, 2.75) is 45.6 Å². The third-order valence-corrected chi connectivity index (χ3v) is 5.70. The molecule has 2 amide bonds. The van der Waals surface area contributed by atoms with Gasteiger partial charge in [0.25, 0.3) is 0 Å². The molecule has 0 saturated carbocycles. The van der Waals surface area contributed by atoms with Crippen molar-refractivity contribution in [1.29, 1.82) is 0 Å². The number of benzene rings is 1. The van der Waals surface area contributed by atoms with Crippen molar-refractivity contribution in [3.8, 4) is 0 Å². The molecule has 0 unspecified atom stereocenters. The molecule has 0 radical (unpaired) electrons. The molecule has 1 atom stereocenters. The predicted octanol–water partition coefficient (Wildman–Crippen LogP) is 2.84. The van der Waals surface area contributed by atoms with E-state index in [0.29, 0.717) is 32.7 Å². The van der Waals surface area contributed by atoms with Crippen LogP contribution in [0, 0.1) is 5.41 Å². The van der Waals surface area contributed by atoms with Gasteiger partial charge < -0.3 is 14.5 Å². The van der Waals surface area contributed by atoms with Gasteiger partial charge >= 0.3 is 0 Å². The summed E-state index contributed by atoms with van der Waals surface area (Å²) in [6, 6.07) is 10.1. The minimum Gasteiger partial charge on any atom is -0.377 e. The zero-order valence-electron chi connectivity index (χ0n) is 15.8. The summed E-state index contributed by atoms with van der Waals surface area (Å²) in [6.45, 7) is 6.16.